The highest BCUT2D eigenvalue weighted by atomic mass is 14.8. The number of aryl methyl sites for hydroxylation is 1. The molecule has 4 aromatic carbocycles. The number of H-pyrrole nitrogens is 1. The van der Waals surface area contributed by atoms with Crippen LogP contribution in [0.25, 0.3) is 43.6 Å². The quantitative estimate of drug-likeness (QED) is 0.264. The normalized spacial score (nSPS) is 16.9. The third-order valence-corrected chi connectivity index (χ3v) is 7.51. The molecule has 0 atom stereocenters. The van der Waals surface area contributed by atoms with Crippen LogP contribution in [0.1, 0.15) is 42.7 Å². The van der Waals surface area contributed by atoms with Gasteiger partial charge >= 0.3 is 0 Å². The number of nitrogens with one attached hydrogen (secondary N) is 1. The van der Waals surface area contributed by atoms with Crippen LogP contribution in [0.2, 0.25) is 0 Å². The molecule has 0 radical (unpaired) electrons. The van der Waals surface area contributed by atoms with E-state index in [4.69, 9.17) is 0 Å². The number of fused-ring (bicyclic) bond motifs is 11. The topological polar surface area (TPSA) is 15.8 Å². The first-order valence-corrected chi connectivity index (χ1v) is 10.9. The minimum Gasteiger partial charge on any atom is -0.354 e. The van der Waals surface area contributed by atoms with E-state index >= 15 is 0 Å². The van der Waals surface area contributed by atoms with Gasteiger partial charge in [-0.05, 0) is 56.8 Å². The van der Waals surface area contributed by atoms with E-state index in [1.807, 2.05) is 0 Å². The van der Waals surface area contributed by atoms with E-state index in [9.17, 15) is 0 Å². The Labute approximate surface area is 176 Å². The van der Waals surface area contributed by atoms with Gasteiger partial charge in [0.1, 0.15) is 0 Å². The summed E-state index contributed by atoms with van der Waals surface area (Å²) in [5.41, 5.74) is 10.2. The lowest BCUT2D eigenvalue weighted by atomic mass is 9.77. The van der Waals surface area contributed by atoms with Crippen LogP contribution in [0.5, 0.6) is 0 Å². The fraction of sp³-hybridized carbons (Fsp3) is 0.172. The summed E-state index contributed by atoms with van der Waals surface area (Å²) in [7, 11) is 0. The minimum absolute atomic E-state index is 0.0214. The number of hydrogen-bond donors (Lipinski definition) is 1. The molecule has 1 aromatic heterocycles. The molecule has 1 heteroatoms. The monoisotopic (exact) mass is 385 g/mol. The highest BCUT2D eigenvalue weighted by Crippen LogP contribution is 2.56. The molecule has 1 nitrogen and oxygen atoms in total. The van der Waals surface area contributed by atoms with E-state index in [-0.39, 0.29) is 5.41 Å². The van der Waals surface area contributed by atoms with Crippen molar-refractivity contribution in [1.29, 1.82) is 0 Å². The summed E-state index contributed by atoms with van der Waals surface area (Å²) in [6.07, 6.45) is 2.22. The molecule has 0 amide bonds. The molecule has 5 aromatic rings. The average molecular weight is 386 g/mol. The van der Waals surface area contributed by atoms with Crippen LogP contribution in [0, 0.1) is 0 Å². The molecule has 0 saturated heterocycles. The summed E-state index contributed by atoms with van der Waals surface area (Å²) < 4.78 is 0. The number of aromatic nitrogens is 1. The standard InChI is InChI=1S/C29H23N/c1-29(2)24-14-8-7-11-19(24)21-15-16-23-25-20-12-5-3-9-17(20)18-10-4-6-13-22(18)27(25)30-28(23)26(21)29/h3-14,30H,15-16H2,1-2H3. The largest absolute Gasteiger partial charge is 0.354 e. The van der Waals surface area contributed by atoms with Gasteiger partial charge < -0.3 is 4.98 Å². The SMILES string of the molecule is CC1(C)C2=C(CCc3c2[nH]c2c4ccccc4c4ccccc4c32)c2ccccc21. The molecule has 7 rings (SSSR count). The number of rotatable bonds is 0. The summed E-state index contributed by atoms with van der Waals surface area (Å²) in [4.78, 5) is 3.96. The number of aromatic amines is 1. The predicted octanol–water partition coefficient (Wildman–Crippen LogP) is 7.62. The van der Waals surface area contributed by atoms with E-state index in [2.05, 4.69) is 91.6 Å². The van der Waals surface area contributed by atoms with Gasteiger partial charge in [0.05, 0.1) is 5.52 Å². The van der Waals surface area contributed by atoms with Crippen LogP contribution in [0.3, 0.4) is 0 Å². The van der Waals surface area contributed by atoms with Gasteiger partial charge in [-0.15, -0.1) is 0 Å². The molecule has 0 unspecified atom stereocenters. The van der Waals surface area contributed by atoms with Gasteiger partial charge in [0.15, 0.2) is 0 Å². The van der Waals surface area contributed by atoms with Crippen LogP contribution in [-0.4, -0.2) is 4.98 Å². The molecule has 2 aliphatic rings. The average Bonchev–Trinajstić information content (AvgIpc) is 3.28. The van der Waals surface area contributed by atoms with E-state index < -0.39 is 0 Å². The fourth-order valence-electron chi connectivity index (χ4n) is 6.28. The van der Waals surface area contributed by atoms with Gasteiger partial charge in [-0.1, -0.05) is 86.6 Å². The Morgan fingerprint density at radius 2 is 1.33 bits per heavy atom. The maximum atomic E-state index is 3.96. The van der Waals surface area contributed by atoms with E-state index in [1.54, 1.807) is 5.57 Å². The molecule has 0 bridgehead atoms. The highest BCUT2D eigenvalue weighted by molar-refractivity contribution is 6.26. The smallest absolute Gasteiger partial charge is 0.0547 e. The first-order chi connectivity index (χ1) is 14.7. The second-order valence-electron chi connectivity index (χ2n) is 9.34. The third-order valence-electron chi connectivity index (χ3n) is 7.51. The highest BCUT2D eigenvalue weighted by Gasteiger charge is 2.41. The van der Waals surface area contributed by atoms with Gasteiger partial charge in [0, 0.05) is 21.9 Å². The molecule has 1 N–H and O–H groups in total. The van der Waals surface area contributed by atoms with Crippen LogP contribution in [-0.2, 0) is 11.8 Å². The second kappa shape index (κ2) is 5.43. The molecule has 0 aliphatic heterocycles. The van der Waals surface area contributed by atoms with Crippen molar-refractivity contribution in [3.63, 3.8) is 0 Å². The Bertz CT molecular complexity index is 1560. The first-order valence-electron chi connectivity index (χ1n) is 10.9. The molecule has 0 fully saturated rings. The Hall–Kier alpha value is -3.32. The van der Waals surface area contributed by atoms with Crippen molar-refractivity contribution in [2.75, 3.05) is 0 Å². The van der Waals surface area contributed by atoms with Crippen molar-refractivity contribution < 1.29 is 0 Å². The van der Waals surface area contributed by atoms with Gasteiger partial charge in [0.25, 0.3) is 0 Å². The lowest BCUT2D eigenvalue weighted by molar-refractivity contribution is 0.698. The van der Waals surface area contributed by atoms with E-state index in [1.165, 1.54) is 60.4 Å². The van der Waals surface area contributed by atoms with Gasteiger partial charge in [-0.3, -0.25) is 0 Å². The molecule has 2 aliphatic carbocycles. The lowest BCUT2D eigenvalue weighted by Crippen LogP contribution is -2.18. The van der Waals surface area contributed by atoms with Gasteiger partial charge in [0.2, 0.25) is 0 Å². The van der Waals surface area contributed by atoms with E-state index in [0.717, 1.165) is 12.8 Å². The Kier molecular flexibility index (Phi) is 2.98. The molecule has 30 heavy (non-hydrogen) atoms. The molecule has 0 saturated carbocycles. The van der Waals surface area contributed by atoms with Gasteiger partial charge in [-0.2, -0.15) is 0 Å². The molecule has 0 spiro atoms. The Morgan fingerprint density at radius 3 is 2.13 bits per heavy atom. The number of allylic oxidation sites excluding steroid dienone is 2. The molecular weight excluding hydrogens is 362 g/mol. The second-order valence-corrected chi connectivity index (χ2v) is 9.34. The zero-order chi connectivity index (χ0) is 20.0. The van der Waals surface area contributed by atoms with Crippen molar-refractivity contribution in [2.45, 2.75) is 32.1 Å². The summed E-state index contributed by atoms with van der Waals surface area (Å²) >= 11 is 0. The van der Waals surface area contributed by atoms with E-state index in [0.29, 0.717) is 0 Å². The summed E-state index contributed by atoms with van der Waals surface area (Å²) in [5.74, 6) is 0. The fourth-order valence-corrected chi connectivity index (χ4v) is 6.28. The maximum absolute atomic E-state index is 3.96. The number of hydrogen-bond acceptors (Lipinski definition) is 0. The summed E-state index contributed by atoms with van der Waals surface area (Å²) in [6.45, 7) is 4.79. The van der Waals surface area contributed by atoms with Crippen molar-refractivity contribution in [2.24, 2.45) is 0 Å². The van der Waals surface area contributed by atoms with Crippen molar-refractivity contribution in [3.05, 3.63) is 95.2 Å². The maximum Gasteiger partial charge on any atom is 0.0547 e. The zero-order valence-electron chi connectivity index (χ0n) is 17.3. The van der Waals surface area contributed by atoms with Crippen molar-refractivity contribution in [3.8, 4) is 0 Å². The lowest BCUT2D eigenvalue weighted by Gasteiger charge is -2.27. The van der Waals surface area contributed by atoms with Crippen molar-refractivity contribution in [1.82, 2.24) is 4.98 Å². The molecular formula is C29H23N. The molecule has 144 valence electrons. The van der Waals surface area contributed by atoms with Gasteiger partial charge in [-0.25, -0.2) is 0 Å². The molecule has 1 heterocycles. The van der Waals surface area contributed by atoms with Crippen LogP contribution < -0.4 is 0 Å². The van der Waals surface area contributed by atoms with Crippen molar-refractivity contribution >= 4 is 43.6 Å². The summed E-state index contributed by atoms with van der Waals surface area (Å²) in [5, 5.41) is 6.83. The Balaban J connectivity index is 1.66. The Morgan fingerprint density at radius 1 is 0.700 bits per heavy atom. The third kappa shape index (κ3) is 1.84. The number of benzene rings is 4. The van der Waals surface area contributed by atoms with Crippen LogP contribution in [0.15, 0.2) is 72.8 Å². The summed E-state index contributed by atoms with van der Waals surface area (Å²) in [6, 6.07) is 26.8. The first kappa shape index (κ1) is 16.5. The van der Waals surface area contributed by atoms with Crippen LogP contribution >= 0.6 is 0 Å². The van der Waals surface area contributed by atoms with Crippen LogP contribution in [0.4, 0.5) is 0 Å². The zero-order valence-corrected chi connectivity index (χ0v) is 17.3. The minimum atomic E-state index is 0.0214. The predicted molar refractivity (Wildman–Crippen MR) is 128 cm³/mol.